The lowest BCUT2D eigenvalue weighted by Crippen LogP contribution is -2.49. The van der Waals surface area contributed by atoms with Crippen LogP contribution in [0.15, 0.2) is 29.2 Å². The summed E-state index contributed by atoms with van der Waals surface area (Å²) in [5, 5.41) is 6.21. The van der Waals surface area contributed by atoms with Crippen LogP contribution in [0.3, 0.4) is 0 Å². The summed E-state index contributed by atoms with van der Waals surface area (Å²) in [4.78, 5) is 12.9. The van der Waals surface area contributed by atoms with Gasteiger partial charge < -0.3 is 15.4 Å². The molecule has 0 unspecified atom stereocenters. The summed E-state index contributed by atoms with van der Waals surface area (Å²) < 4.78 is 28.1. The van der Waals surface area contributed by atoms with Crippen molar-refractivity contribution in [3.8, 4) is 0 Å². The third kappa shape index (κ3) is 5.17. The fourth-order valence-electron chi connectivity index (χ4n) is 2.84. The van der Waals surface area contributed by atoms with Crippen LogP contribution in [0.4, 0.5) is 0 Å². The Morgan fingerprint density at radius 1 is 1.25 bits per heavy atom. The summed E-state index contributed by atoms with van der Waals surface area (Å²) in [6, 6.07) is 6.57. The average Bonchev–Trinajstić information content (AvgIpc) is 2.53. The van der Waals surface area contributed by atoms with Gasteiger partial charge in [-0.1, -0.05) is 12.1 Å². The quantitative estimate of drug-likeness (QED) is 0.777. The molecule has 0 spiro atoms. The number of rotatable bonds is 6. The summed E-state index contributed by atoms with van der Waals surface area (Å²) in [6.07, 6.45) is 2.68. The second kappa shape index (κ2) is 8.80. The van der Waals surface area contributed by atoms with Gasteiger partial charge in [-0.05, 0) is 43.6 Å². The molecule has 1 aliphatic heterocycles. The lowest BCUT2D eigenvalue weighted by Gasteiger charge is -2.35. The second-order valence-corrected chi connectivity index (χ2v) is 8.08. The standard InChI is InChI=1S/C16H24N2O4S.ClH/c1-22-12-16(7-9-17-10-8-16)15(19)18-11-13-3-5-14(6-4-13)23(2,20)21;/h3-6,17H,7-12H2,1-2H3,(H,18,19);1H. The van der Waals surface area contributed by atoms with Crippen molar-refractivity contribution in [3.05, 3.63) is 29.8 Å². The first kappa shape index (κ1) is 20.9. The SMILES string of the molecule is COCC1(C(=O)NCc2ccc(S(C)(=O)=O)cc2)CCNCC1.Cl. The molecule has 0 aliphatic carbocycles. The highest BCUT2D eigenvalue weighted by Gasteiger charge is 2.39. The first-order chi connectivity index (χ1) is 10.9. The van der Waals surface area contributed by atoms with Gasteiger partial charge in [0.1, 0.15) is 0 Å². The van der Waals surface area contributed by atoms with Crippen molar-refractivity contribution < 1.29 is 17.9 Å². The topological polar surface area (TPSA) is 84.5 Å². The van der Waals surface area contributed by atoms with Crippen molar-refractivity contribution in [1.29, 1.82) is 0 Å². The zero-order chi connectivity index (χ0) is 16.9. The number of benzene rings is 1. The second-order valence-electron chi connectivity index (χ2n) is 6.06. The molecule has 1 aliphatic rings. The molecule has 0 bridgehead atoms. The van der Waals surface area contributed by atoms with Gasteiger partial charge in [-0.25, -0.2) is 8.42 Å². The fraction of sp³-hybridized carbons (Fsp3) is 0.562. The zero-order valence-electron chi connectivity index (χ0n) is 14.0. The minimum atomic E-state index is -3.20. The number of ether oxygens (including phenoxy) is 1. The molecule has 8 heteroatoms. The van der Waals surface area contributed by atoms with E-state index in [9.17, 15) is 13.2 Å². The number of piperidine rings is 1. The average molecular weight is 377 g/mol. The van der Waals surface area contributed by atoms with Crippen LogP contribution < -0.4 is 10.6 Å². The number of hydrogen-bond acceptors (Lipinski definition) is 5. The van der Waals surface area contributed by atoms with E-state index < -0.39 is 15.3 Å². The lowest BCUT2D eigenvalue weighted by atomic mass is 9.78. The molecule has 24 heavy (non-hydrogen) atoms. The monoisotopic (exact) mass is 376 g/mol. The van der Waals surface area contributed by atoms with E-state index in [2.05, 4.69) is 10.6 Å². The number of carbonyl (C=O) groups is 1. The first-order valence-corrected chi connectivity index (χ1v) is 9.53. The first-order valence-electron chi connectivity index (χ1n) is 7.64. The number of amides is 1. The number of methoxy groups -OCH3 is 1. The largest absolute Gasteiger partial charge is 0.384 e. The molecule has 1 aromatic carbocycles. The summed E-state index contributed by atoms with van der Waals surface area (Å²) in [5.74, 6) is -0.00644. The molecule has 0 saturated carbocycles. The number of hydrogen-bond donors (Lipinski definition) is 2. The van der Waals surface area contributed by atoms with Gasteiger partial charge in [0, 0.05) is 19.9 Å². The number of halogens is 1. The highest BCUT2D eigenvalue weighted by Crippen LogP contribution is 2.29. The maximum Gasteiger partial charge on any atom is 0.228 e. The van der Waals surface area contributed by atoms with E-state index in [0.29, 0.717) is 13.2 Å². The van der Waals surface area contributed by atoms with Crippen molar-refractivity contribution in [2.24, 2.45) is 5.41 Å². The van der Waals surface area contributed by atoms with E-state index >= 15 is 0 Å². The Morgan fingerprint density at radius 2 is 1.83 bits per heavy atom. The number of carbonyl (C=O) groups excluding carboxylic acids is 1. The van der Waals surface area contributed by atoms with Gasteiger partial charge in [-0.3, -0.25) is 4.79 Å². The third-order valence-corrected chi connectivity index (χ3v) is 5.40. The van der Waals surface area contributed by atoms with Gasteiger partial charge in [0.25, 0.3) is 0 Å². The third-order valence-electron chi connectivity index (χ3n) is 4.27. The van der Waals surface area contributed by atoms with Crippen LogP contribution in [0.5, 0.6) is 0 Å². The summed E-state index contributed by atoms with van der Waals surface area (Å²) in [6.45, 7) is 2.40. The zero-order valence-corrected chi connectivity index (χ0v) is 15.6. The molecule has 2 N–H and O–H groups in total. The van der Waals surface area contributed by atoms with Gasteiger partial charge >= 0.3 is 0 Å². The van der Waals surface area contributed by atoms with E-state index in [0.717, 1.165) is 31.5 Å². The maximum absolute atomic E-state index is 12.6. The van der Waals surface area contributed by atoms with Crippen molar-refractivity contribution in [3.63, 3.8) is 0 Å². The minimum absolute atomic E-state index is 0. The molecule has 0 atom stereocenters. The molecular weight excluding hydrogens is 352 g/mol. The molecule has 1 amide bonds. The minimum Gasteiger partial charge on any atom is -0.384 e. The van der Waals surface area contributed by atoms with Crippen LogP contribution >= 0.6 is 12.4 Å². The van der Waals surface area contributed by atoms with Crippen LogP contribution in [0.25, 0.3) is 0 Å². The van der Waals surface area contributed by atoms with E-state index in [1.54, 1.807) is 31.4 Å². The summed E-state index contributed by atoms with van der Waals surface area (Å²) in [7, 11) is -1.58. The molecule has 1 heterocycles. The van der Waals surface area contributed by atoms with E-state index in [-0.39, 0.29) is 23.2 Å². The Labute approximate surface area is 149 Å². The highest BCUT2D eigenvalue weighted by atomic mass is 35.5. The molecule has 0 aromatic heterocycles. The maximum atomic E-state index is 12.6. The van der Waals surface area contributed by atoms with Crippen LogP contribution in [-0.4, -0.2) is 47.4 Å². The van der Waals surface area contributed by atoms with Crippen LogP contribution in [0.2, 0.25) is 0 Å². The van der Waals surface area contributed by atoms with Gasteiger partial charge in [0.2, 0.25) is 5.91 Å². The van der Waals surface area contributed by atoms with Crippen molar-refractivity contribution in [1.82, 2.24) is 10.6 Å². The predicted molar refractivity (Wildman–Crippen MR) is 95.1 cm³/mol. The van der Waals surface area contributed by atoms with Gasteiger partial charge in [-0.2, -0.15) is 0 Å². The predicted octanol–water partition coefficient (Wildman–Crippen LogP) is 1.14. The fourth-order valence-corrected chi connectivity index (χ4v) is 3.47. The lowest BCUT2D eigenvalue weighted by molar-refractivity contribution is -0.136. The van der Waals surface area contributed by atoms with Gasteiger partial charge in [0.15, 0.2) is 9.84 Å². The van der Waals surface area contributed by atoms with Crippen LogP contribution in [0.1, 0.15) is 18.4 Å². The van der Waals surface area contributed by atoms with Crippen molar-refractivity contribution in [2.75, 3.05) is 33.1 Å². The van der Waals surface area contributed by atoms with Crippen LogP contribution in [-0.2, 0) is 25.9 Å². The molecule has 0 radical (unpaired) electrons. The smallest absolute Gasteiger partial charge is 0.228 e. The van der Waals surface area contributed by atoms with E-state index in [1.807, 2.05) is 0 Å². The van der Waals surface area contributed by atoms with Gasteiger partial charge in [0.05, 0.1) is 16.9 Å². The normalized spacial score (nSPS) is 16.9. The van der Waals surface area contributed by atoms with Crippen molar-refractivity contribution in [2.45, 2.75) is 24.3 Å². The molecule has 2 rings (SSSR count). The molecule has 1 aromatic rings. The molecule has 1 fully saturated rings. The van der Waals surface area contributed by atoms with Crippen molar-refractivity contribution >= 4 is 28.2 Å². The molecule has 1 saturated heterocycles. The Hall–Kier alpha value is -1.15. The van der Waals surface area contributed by atoms with E-state index in [4.69, 9.17) is 4.74 Å². The Balaban J connectivity index is 0.00000288. The highest BCUT2D eigenvalue weighted by molar-refractivity contribution is 7.90. The van der Waals surface area contributed by atoms with Gasteiger partial charge in [-0.15, -0.1) is 12.4 Å². The van der Waals surface area contributed by atoms with E-state index in [1.165, 1.54) is 6.26 Å². The number of sulfone groups is 1. The van der Waals surface area contributed by atoms with Crippen LogP contribution in [0, 0.1) is 5.41 Å². The Bertz CT molecular complexity index is 635. The Kier molecular flexibility index (Phi) is 7.66. The Morgan fingerprint density at radius 3 is 2.33 bits per heavy atom. The number of nitrogens with one attached hydrogen (secondary N) is 2. The summed E-state index contributed by atoms with van der Waals surface area (Å²) >= 11 is 0. The molecule has 136 valence electrons. The summed E-state index contributed by atoms with van der Waals surface area (Å²) in [5.41, 5.74) is 0.388. The molecule has 6 nitrogen and oxygen atoms in total. The molecular formula is C16H25ClN2O4S.